The van der Waals surface area contributed by atoms with Gasteiger partial charge in [-0.3, -0.25) is 4.79 Å². The fourth-order valence-corrected chi connectivity index (χ4v) is 1.48. The molecule has 0 saturated heterocycles. The number of fused-ring (bicyclic) bond motifs is 1. The van der Waals surface area contributed by atoms with Crippen molar-refractivity contribution < 1.29 is 4.79 Å². The third kappa shape index (κ3) is 1.59. The van der Waals surface area contributed by atoms with Crippen LogP contribution >= 0.6 is 0 Å². The van der Waals surface area contributed by atoms with Crippen molar-refractivity contribution in [2.24, 2.45) is 7.05 Å². The summed E-state index contributed by atoms with van der Waals surface area (Å²) in [6, 6.07) is 7.13. The molecule has 1 aromatic carbocycles. The van der Waals surface area contributed by atoms with Crippen molar-refractivity contribution in [3.05, 3.63) is 30.1 Å². The van der Waals surface area contributed by atoms with Gasteiger partial charge in [-0.05, 0) is 18.2 Å². The zero-order chi connectivity index (χ0) is 10.8. The average molecular weight is 199 g/mol. The summed E-state index contributed by atoms with van der Waals surface area (Å²) >= 11 is 0. The van der Waals surface area contributed by atoms with Crippen LogP contribution in [0.25, 0.3) is 11.0 Å². The van der Waals surface area contributed by atoms with Gasteiger partial charge < -0.3 is 4.57 Å². The topological polar surface area (TPSA) is 58.7 Å². The van der Waals surface area contributed by atoms with Crippen LogP contribution in [0.5, 0.6) is 0 Å². The molecule has 0 N–H and O–H groups in total. The summed E-state index contributed by atoms with van der Waals surface area (Å²) in [5.74, 6) is -0.162. The standard InChI is InChI=1S/C11H9N3O/c1-14-7-13-9-6-8(2-3-10(9)14)11(15)4-5-12/h2-3,6-7H,4H2,1H3. The Morgan fingerprint density at radius 3 is 3.13 bits per heavy atom. The van der Waals surface area contributed by atoms with Gasteiger partial charge in [0.25, 0.3) is 0 Å². The van der Waals surface area contributed by atoms with Crippen LogP contribution in [0.3, 0.4) is 0 Å². The number of Topliss-reactive ketones (excluding diaryl/α,β-unsaturated/α-hetero) is 1. The van der Waals surface area contributed by atoms with Crippen molar-refractivity contribution in [1.29, 1.82) is 5.26 Å². The summed E-state index contributed by atoms with van der Waals surface area (Å²) in [6.45, 7) is 0. The third-order valence-corrected chi connectivity index (χ3v) is 2.29. The maximum Gasteiger partial charge on any atom is 0.176 e. The number of nitriles is 1. The molecule has 2 aromatic rings. The predicted octanol–water partition coefficient (Wildman–Crippen LogP) is 1.67. The monoisotopic (exact) mass is 199 g/mol. The van der Waals surface area contributed by atoms with E-state index in [-0.39, 0.29) is 12.2 Å². The van der Waals surface area contributed by atoms with Crippen LogP contribution in [-0.2, 0) is 7.05 Å². The molecule has 0 radical (unpaired) electrons. The third-order valence-electron chi connectivity index (χ3n) is 2.29. The van der Waals surface area contributed by atoms with Gasteiger partial charge in [0.1, 0.15) is 0 Å². The summed E-state index contributed by atoms with van der Waals surface area (Å²) in [4.78, 5) is 15.6. The maximum absolute atomic E-state index is 11.4. The van der Waals surface area contributed by atoms with Gasteiger partial charge in [-0.15, -0.1) is 0 Å². The molecule has 74 valence electrons. The van der Waals surface area contributed by atoms with E-state index >= 15 is 0 Å². The second-order valence-electron chi connectivity index (χ2n) is 3.32. The second-order valence-corrected chi connectivity index (χ2v) is 3.32. The molecule has 1 heterocycles. The number of carbonyl (C=O) groups is 1. The smallest absolute Gasteiger partial charge is 0.176 e. The lowest BCUT2D eigenvalue weighted by atomic mass is 10.1. The number of carbonyl (C=O) groups excluding carboxylic acids is 1. The highest BCUT2D eigenvalue weighted by Gasteiger charge is 2.07. The van der Waals surface area contributed by atoms with Crippen molar-refractivity contribution in [1.82, 2.24) is 9.55 Å². The van der Waals surface area contributed by atoms with Crippen LogP contribution in [-0.4, -0.2) is 15.3 Å². The van der Waals surface area contributed by atoms with Gasteiger partial charge in [0.2, 0.25) is 0 Å². The Morgan fingerprint density at radius 1 is 1.60 bits per heavy atom. The van der Waals surface area contributed by atoms with E-state index in [0.29, 0.717) is 5.56 Å². The number of hydrogen-bond acceptors (Lipinski definition) is 3. The Balaban J connectivity index is 2.48. The molecule has 0 fully saturated rings. The first-order chi connectivity index (χ1) is 7.22. The Kier molecular flexibility index (Phi) is 2.22. The van der Waals surface area contributed by atoms with Crippen LogP contribution < -0.4 is 0 Å². The molecule has 0 aliphatic carbocycles. The molecule has 15 heavy (non-hydrogen) atoms. The lowest BCUT2D eigenvalue weighted by molar-refractivity contribution is 0.0998. The molecule has 0 amide bonds. The molecule has 0 aliphatic rings. The normalized spacial score (nSPS) is 10.1. The number of aromatic nitrogens is 2. The summed E-state index contributed by atoms with van der Waals surface area (Å²) in [6.07, 6.45) is 1.61. The zero-order valence-electron chi connectivity index (χ0n) is 8.27. The SMILES string of the molecule is Cn1cnc2cc(C(=O)CC#N)ccc21. The van der Waals surface area contributed by atoms with Gasteiger partial charge in [0, 0.05) is 12.6 Å². The number of hydrogen-bond donors (Lipinski definition) is 0. The first-order valence-corrected chi connectivity index (χ1v) is 4.53. The Morgan fingerprint density at radius 2 is 2.40 bits per heavy atom. The van der Waals surface area contributed by atoms with Crippen LogP contribution in [0.15, 0.2) is 24.5 Å². The number of imidazole rings is 1. The zero-order valence-corrected chi connectivity index (χ0v) is 8.27. The molecule has 0 bridgehead atoms. The van der Waals surface area contributed by atoms with Gasteiger partial charge in [-0.1, -0.05) is 0 Å². The van der Waals surface area contributed by atoms with Crippen molar-refractivity contribution in [3.8, 4) is 6.07 Å². The number of benzene rings is 1. The number of rotatable bonds is 2. The lowest BCUT2D eigenvalue weighted by Crippen LogP contribution is -1.97. The average Bonchev–Trinajstić information content (AvgIpc) is 2.60. The predicted molar refractivity (Wildman–Crippen MR) is 55.3 cm³/mol. The first kappa shape index (κ1) is 9.41. The summed E-state index contributed by atoms with van der Waals surface area (Å²) in [5, 5.41) is 8.42. The van der Waals surface area contributed by atoms with Gasteiger partial charge in [-0.25, -0.2) is 4.98 Å². The molecule has 0 aliphatic heterocycles. The highest BCUT2D eigenvalue weighted by molar-refractivity contribution is 5.99. The molecular formula is C11H9N3O. The Hall–Kier alpha value is -2.15. The van der Waals surface area contributed by atoms with Crippen LogP contribution in [0.1, 0.15) is 16.8 Å². The summed E-state index contributed by atoms with van der Waals surface area (Å²) < 4.78 is 1.88. The first-order valence-electron chi connectivity index (χ1n) is 4.53. The molecule has 4 nitrogen and oxygen atoms in total. The summed E-state index contributed by atoms with van der Waals surface area (Å²) in [7, 11) is 1.89. The van der Waals surface area contributed by atoms with E-state index in [2.05, 4.69) is 4.98 Å². The van der Waals surface area contributed by atoms with Gasteiger partial charge in [-0.2, -0.15) is 5.26 Å². The van der Waals surface area contributed by atoms with Gasteiger partial charge in [0.15, 0.2) is 5.78 Å². The van der Waals surface area contributed by atoms with E-state index in [4.69, 9.17) is 5.26 Å². The number of nitrogens with zero attached hydrogens (tertiary/aromatic N) is 3. The fraction of sp³-hybridized carbons (Fsp3) is 0.182. The van der Waals surface area contributed by atoms with Gasteiger partial charge in [0.05, 0.1) is 29.9 Å². The molecule has 0 saturated carbocycles. The van der Waals surface area contributed by atoms with E-state index in [1.54, 1.807) is 18.5 Å². The van der Waals surface area contributed by atoms with E-state index in [0.717, 1.165) is 11.0 Å². The molecular weight excluding hydrogens is 190 g/mol. The molecule has 0 unspecified atom stereocenters. The van der Waals surface area contributed by atoms with E-state index in [1.807, 2.05) is 23.8 Å². The van der Waals surface area contributed by atoms with Crippen LogP contribution in [0.2, 0.25) is 0 Å². The van der Waals surface area contributed by atoms with Crippen molar-refractivity contribution in [2.45, 2.75) is 6.42 Å². The largest absolute Gasteiger partial charge is 0.334 e. The lowest BCUT2D eigenvalue weighted by Gasteiger charge is -1.97. The van der Waals surface area contributed by atoms with Crippen molar-refractivity contribution >= 4 is 16.8 Å². The highest BCUT2D eigenvalue weighted by atomic mass is 16.1. The van der Waals surface area contributed by atoms with Crippen LogP contribution in [0.4, 0.5) is 0 Å². The van der Waals surface area contributed by atoms with Crippen molar-refractivity contribution in [2.75, 3.05) is 0 Å². The van der Waals surface area contributed by atoms with Crippen molar-refractivity contribution in [3.63, 3.8) is 0 Å². The minimum Gasteiger partial charge on any atom is -0.334 e. The molecule has 1 aromatic heterocycles. The minimum atomic E-state index is -0.162. The summed E-state index contributed by atoms with van der Waals surface area (Å²) in [5.41, 5.74) is 2.30. The quantitative estimate of drug-likeness (QED) is 0.691. The van der Waals surface area contributed by atoms with E-state index in [9.17, 15) is 4.79 Å². The molecule has 4 heteroatoms. The van der Waals surface area contributed by atoms with Crippen LogP contribution in [0, 0.1) is 11.3 Å². The maximum atomic E-state index is 11.4. The van der Waals surface area contributed by atoms with Gasteiger partial charge >= 0.3 is 0 Å². The Bertz CT molecular complexity index is 563. The molecule has 2 rings (SSSR count). The molecule has 0 atom stereocenters. The highest BCUT2D eigenvalue weighted by Crippen LogP contribution is 2.14. The molecule has 0 spiro atoms. The van der Waals surface area contributed by atoms with E-state index in [1.165, 1.54) is 0 Å². The Labute approximate surface area is 86.8 Å². The second kappa shape index (κ2) is 3.54. The number of aryl methyl sites for hydroxylation is 1. The fourth-order valence-electron chi connectivity index (χ4n) is 1.48. The number of ketones is 1. The van der Waals surface area contributed by atoms with E-state index < -0.39 is 0 Å². The minimum absolute atomic E-state index is 0.0850.